The second-order valence-electron chi connectivity index (χ2n) is 7.91. The largest absolute Gasteiger partial charge is 0.496 e. The Morgan fingerprint density at radius 1 is 1.15 bits per heavy atom. The third-order valence-corrected chi connectivity index (χ3v) is 6.08. The maximum Gasteiger partial charge on any atom is 0.125 e. The van der Waals surface area contributed by atoms with E-state index in [1.165, 1.54) is 22.3 Å². The number of hydrogen-bond acceptors (Lipinski definition) is 5. The zero-order valence-electron chi connectivity index (χ0n) is 16.8. The molecule has 1 spiro atoms. The van der Waals surface area contributed by atoms with Crippen LogP contribution in [0.2, 0.25) is 0 Å². The molecule has 0 saturated carbocycles. The van der Waals surface area contributed by atoms with Crippen molar-refractivity contribution in [3.8, 4) is 5.75 Å². The first kappa shape index (κ1) is 18.4. The number of piperidine rings is 1. The molecular formula is C22H29N3O2. The lowest BCUT2D eigenvalue weighted by atomic mass is 9.83. The Morgan fingerprint density at radius 3 is 2.67 bits per heavy atom. The number of aryl methyl sites for hydroxylation is 3. The molecule has 0 radical (unpaired) electrons. The summed E-state index contributed by atoms with van der Waals surface area (Å²) in [5, 5.41) is 0. The van der Waals surface area contributed by atoms with Gasteiger partial charge >= 0.3 is 0 Å². The van der Waals surface area contributed by atoms with Crippen molar-refractivity contribution in [3.05, 3.63) is 52.1 Å². The van der Waals surface area contributed by atoms with Crippen molar-refractivity contribution in [2.24, 2.45) is 0 Å². The van der Waals surface area contributed by atoms with Gasteiger partial charge in [-0.15, -0.1) is 0 Å². The Balaban J connectivity index is 1.49. The fourth-order valence-corrected chi connectivity index (χ4v) is 4.43. The molecule has 0 atom stereocenters. The van der Waals surface area contributed by atoms with E-state index in [1.807, 2.05) is 13.1 Å². The van der Waals surface area contributed by atoms with Crippen molar-refractivity contribution in [1.82, 2.24) is 14.9 Å². The van der Waals surface area contributed by atoms with Crippen LogP contribution in [0.5, 0.6) is 5.75 Å². The van der Waals surface area contributed by atoms with Gasteiger partial charge in [0.15, 0.2) is 0 Å². The van der Waals surface area contributed by atoms with Crippen LogP contribution in [0.4, 0.5) is 0 Å². The standard InChI is InChI=1S/C22H29N3O2/c1-15-12-20(26-4)16(2)11-19(15)14-25-8-6-22(7-9-25)21-18(5-10-27-22)13-23-17(3)24-21/h11-13H,5-10,14H2,1-4H3. The van der Waals surface area contributed by atoms with Crippen molar-refractivity contribution >= 4 is 0 Å². The molecule has 1 aromatic heterocycles. The van der Waals surface area contributed by atoms with Crippen LogP contribution in [-0.4, -0.2) is 41.7 Å². The topological polar surface area (TPSA) is 47.5 Å². The highest BCUT2D eigenvalue weighted by Gasteiger charge is 2.42. The summed E-state index contributed by atoms with van der Waals surface area (Å²) in [6.07, 6.45) is 4.90. The first-order chi connectivity index (χ1) is 13.0. The first-order valence-corrected chi connectivity index (χ1v) is 9.84. The minimum absolute atomic E-state index is 0.220. The maximum atomic E-state index is 6.33. The highest BCUT2D eigenvalue weighted by Crippen LogP contribution is 2.40. The minimum Gasteiger partial charge on any atom is -0.496 e. The molecule has 5 nitrogen and oxygen atoms in total. The molecule has 0 N–H and O–H groups in total. The van der Waals surface area contributed by atoms with E-state index in [9.17, 15) is 0 Å². The molecule has 144 valence electrons. The minimum atomic E-state index is -0.220. The van der Waals surface area contributed by atoms with Gasteiger partial charge in [0.1, 0.15) is 17.2 Å². The van der Waals surface area contributed by atoms with Crippen LogP contribution in [0.25, 0.3) is 0 Å². The third-order valence-electron chi connectivity index (χ3n) is 6.08. The van der Waals surface area contributed by atoms with Crippen LogP contribution in [0, 0.1) is 20.8 Å². The Hall–Kier alpha value is -1.98. The second-order valence-corrected chi connectivity index (χ2v) is 7.91. The van der Waals surface area contributed by atoms with E-state index < -0.39 is 0 Å². The lowest BCUT2D eigenvalue weighted by Crippen LogP contribution is -2.47. The first-order valence-electron chi connectivity index (χ1n) is 9.84. The Morgan fingerprint density at radius 2 is 1.93 bits per heavy atom. The van der Waals surface area contributed by atoms with Crippen LogP contribution < -0.4 is 4.74 Å². The lowest BCUT2D eigenvalue weighted by molar-refractivity contribution is -0.102. The van der Waals surface area contributed by atoms with Gasteiger partial charge in [0, 0.05) is 25.8 Å². The number of aromatic nitrogens is 2. The van der Waals surface area contributed by atoms with Gasteiger partial charge < -0.3 is 9.47 Å². The number of nitrogens with zero attached hydrogens (tertiary/aromatic N) is 3. The molecule has 1 fully saturated rings. The molecule has 0 bridgehead atoms. The summed E-state index contributed by atoms with van der Waals surface area (Å²) in [5.41, 5.74) is 6.05. The molecule has 0 unspecified atom stereocenters. The highest BCUT2D eigenvalue weighted by molar-refractivity contribution is 5.41. The van der Waals surface area contributed by atoms with Crippen molar-refractivity contribution in [1.29, 1.82) is 0 Å². The van der Waals surface area contributed by atoms with E-state index in [1.54, 1.807) is 7.11 Å². The molecule has 0 aliphatic carbocycles. The van der Waals surface area contributed by atoms with Gasteiger partial charge in [-0.1, -0.05) is 6.07 Å². The van der Waals surface area contributed by atoms with Gasteiger partial charge in [-0.3, -0.25) is 4.90 Å². The van der Waals surface area contributed by atoms with Gasteiger partial charge in [-0.25, -0.2) is 9.97 Å². The average Bonchev–Trinajstić information content (AvgIpc) is 2.67. The number of benzene rings is 1. The summed E-state index contributed by atoms with van der Waals surface area (Å²) in [6, 6.07) is 4.41. The molecule has 2 aliphatic rings. The predicted octanol–water partition coefficient (Wildman–Crippen LogP) is 3.47. The fourth-order valence-electron chi connectivity index (χ4n) is 4.43. The Kier molecular flexibility index (Phi) is 4.91. The van der Waals surface area contributed by atoms with E-state index in [0.29, 0.717) is 0 Å². The maximum absolute atomic E-state index is 6.33. The summed E-state index contributed by atoms with van der Waals surface area (Å²) in [7, 11) is 1.73. The molecule has 3 heterocycles. The number of hydrogen-bond donors (Lipinski definition) is 0. The SMILES string of the molecule is COc1cc(C)c(CN2CCC3(CC2)OCCc2cnc(C)nc23)cc1C. The molecule has 1 saturated heterocycles. The van der Waals surface area contributed by atoms with Crippen LogP contribution >= 0.6 is 0 Å². The number of rotatable bonds is 3. The van der Waals surface area contributed by atoms with E-state index in [0.717, 1.165) is 62.8 Å². The smallest absolute Gasteiger partial charge is 0.125 e. The number of ether oxygens (including phenoxy) is 2. The van der Waals surface area contributed by atoms with E-state index >= 15 is 0 Å². The zero-order chi connectivity index (χ0) is 19.0. The van der Waals surface area contributed by atoms with Crippen molar-refractivity contribution in [2.75, 3.05) is 26.8 Å². The average molecular weight is 367 g/mol. The second kappa shape index (κ2) is 7.21. The molecular weight excluding hydrogens is 338 g/mol. The Bertz CT molecular complexity index is 842. The van der Waals surface area contributed by atoms with Crippen LogP contribution in [-0.2, 0) is 23.3 Å². The molecule has 2 aliphatic heterocycles. The van der Waals surface area contributed by atoms with E-state index in [4.69, 9.17) is 14.5 Å². The summed E-state index contributed by atoms with van der Waals surface area (Å²) in [5.74, 6) is 1.81. The summed E-state index contributed by atoms with van der Waals surface area (Å²) >= 11 is 0. The molecule has 4 rings (SSSR count). The number of likely N-dealkylation sites (tertiary alicyclic amines) is 1. The van der Waals surface area contributed by atoms with Crippen molar-refractivity contribution in [3.63, 3.8) is 0 Å². The normalized spacial score (nSPS) is 19.1. The summed E-state index contributed by atoms with van der Waals surface area (Å²) < 4.78 is 11.8. The third kappa shape index (κ3) is 3.46. The van der Waals surface area contributed by atoms with Gasteiger partial charge in [0.25, 0.3) is 0 Å². The summed E-state index contributed by atoms with van der Waals surface area (Å²) in [6.45, 7) is 10.0. The predicted molar refractivity (Wildman–Crippen MR) is 105 cm³/mol. The van der Waals surface area contributed by atoms with E-state index in [-0.39, 0.29) is 5.60 Å². The Labute approximate surface area is 161 Å². The van der Waals surface area contributed by atoms with Crippen LogP contribution in [0.1, 0.15) is 46.6 Å². The van der Waals surface area contributed by atoms with Gasteiger partial charge in [-0.2, -0.15) is 0 Å². The molecule has 0 amide bonds. The van der Waals surface area contributed by atoms with Crippen molar-refractivity contribution in [2.45, 2.75) is 52.2 Å². The van der Waals surface area contributed by atoms with E-state index in [2.05, 4.69) is 35.9 Å². The zero-order valence-corrected chi connectivity index (χ0v) is 16.8. The quantitative estimate of drug-likeness (QED) is 0.831. The van der Waals surface area contributed by atoms with Crippen LogP contribution in [0.3, 0.4) is 0 Å². The number of methoxy groups -OCH3 is 1. The fraction of sp³-hybridized carbons (Fsp3) is 0.545. The summed E-state index contributed by atoms with van der Waals surface area (Å²) in [4.78, 5) is 11.7. The lowest BCUT2D eigenvalue weighted by Gasteiger charge is -2.44. The molecule has 5 heteroatoms. The van der Waals surface area contributed by atoms with Crippen molar-refractivity contribution < 1.29 is 9.47 Å². The van der Waals surface area contributed by atoms with Gasteiger partial charge in [-0.05, 0) is 68.4 Å². The molecule has 1 aromatic carbocycles. The molecule has 27 heavy (non-hydrogen) atoms. The van der Waals surface area contributed by atoms with Gasteiger partial charge in [0.05, 0.1) is 19.4 Å². The van der Waals surface area contributed by atoms with Gasteiger partial charge in [0.2, 0.25) is 0 Å². The highest BCUT2D eigenvalue weighted by atomic mass is 16.5. The monoisotopic (exact) mass is 367 g/mol. The molecule has 2 aromatic rings. The number of fused-ring (bicyclic) bond motifs is 2. The van der Waals surface area contributed by atoms with Crippen LogP contribution in [0.15, 0.2) is 18.3 Å².